The first-order valence-electron chi connectivity index (χ1n) is 10.9. The molecule has 0 spiro atoms. The molecular formula is C22H46O5Si2. The van der Waals surface area contributed by atoms with Crippen LogP contribution in [0.5, 0.6) is 0 Å². The minimum Gasteiger partial charge on any atom is -0.414 e. The maximum Gasteiger partial charge on any atom is 0.192 e. The van der Waals surface area contributed by atoms with Crippen LogP contribution in [0.25, 0.3) is 0 Å². The van der Waals surface area contributed by atoms with E-state index >= 15 is 0 Å². The Balaban J connectivity index is 3.31. The minimum absolute atomic E-state index is 0.0198. The molecule has 1 rings (SSSR count). The Bertz CT molecular complexity index is 532. The van der Waals surface area contributed by atoms with E-state index in [-0.39, 0.29) is 34.1 Å². The summed E-state index contributed by atoms with van der Waals surface area (Å²) in [5.74, 6) is 0.000358. The lowest BCUT2D eigenvalue weighted by Gasteiger charge is -2.41. The molecule has 0 saturated heterocycles. The average molecular weight is 447 g/mol. The highest BCUT2D eigenvalue weighted by atomic mass is 28.4. The number of carbonyl (C=O) groups is 1. The molecule has 172 valence electrons. The van der Waals surface area contributed by atoms with Crippen molar-refractivity contribution in [3.63, 3.8) is 0 Å². The molecule has 0 aromatic rings. The Labute approximate surface area is 181 Å². The summed E-state index contributed by atoms with van der Waals surface area (Å²) in [6, 6.07) is 0. The fourth-order valence-corrected chi connectivity index (χ4v) is 6.41. The zero-order valence-electron chi connectivity index (χ0n) is 20.9. The zero-order valence-corrected chi connectivity index (χ0v) is 22.9. The molecule has 1 aliphatic carbocycles. The lowest BCUT2D eigenvalue weighted by atomic mass is 9.90. The van der Waals surface area contributed by atoms with Gasteiger partial charge in [-0.2, -0.15) is 0 Å². The first-order chi connectivity index (χ1) is 13.0. The van der Waals surface area contributed by atoms with E-state index in [1.54, 1.807) is 14.2 Å². The maximum atomic E-state index is 11.6. The lowest BCUT2D eigenvalue weighted by molar-refractivity contribution is -0.165. The van der Waals surface area contributed by atoms with Crippen LogP contribution in [0.15, 0.2) is 0 Å². The van der Waals surface area contributed by atoms with Crippen molar-refractivity contribution >= 4 is 22.9 Å². The highest BCUT2D eigenvalue weighted by Gasteiger charge is 2.53. The molecule has 0 N–H and O–H groups in total. The van der Waals surface area contributed by atoms with Crippen molar-refractivity contribution in [2.24, 2.45) is 11.8 Å². The molecule has 0 aliphatic heterocycles. The number of hydrogen-bond acceptors (Lipinski definition) is 5. The number of ether oxygens (including phenoxy) is 2. The predicted molar refractivity (Wildman–Crippen MR) is 124 cm³/mol. The normalized spacial score (nSPS) is 26.9. The summed E-state index contributed by atoms with van der Waals surface area (Å²) in [4.78, 5) is 11.6. The Hall–Kier alpha value is -0.0562. The van der Waals surface area contributed by atoms with Crippen LogP contribution in [0.1, 0.15) is 54.4 Å². The maximum absolute atomic E-state index is 11.6. The third-order valence-electron chi connectivity index (χ3n) is 7.52. The van der Waals surface area contributed by atoms with Gasteiger partial charge in [0.15, 0.2) is 22.9 Å². The Kier molecular flexibility index (Phi) is 8.94. The summed E-state index contributed by atoms with van der Waals surface area (Å²) in [5, 5.41) is 0.209. The molecule has 1 fully saturated rings. The number of aldehydes is 1. The van der Waals surface area contributed by atoms with Gasteiger partial charge in [-0.1, -0.05) is 41.5 Å². The van der Waals surface area contributed by atoms with Crippen LogP contribution < -0.4 is 0 Å². The van der Waals surface area contributed by atoms with Crippen molar-refractivity contribution in [2.45, 2.75) is 109 Å². The van der Waals surface area contributed by atoms with Gasteiger partial charge in [-0.3, -0.25) is 0 Å². The van der Waals surface area contributed by atoms with Crippen LogP contribution >= 0.6 is 0 Å². The highest BCUT2D eigenvalue weighted by Crippen LogP contribution is 2.48. The molecule has 1 saturated carbocycles. The largest absolute Gasteiger partial charge is 0.414 e. The third-order valence-corrected chi connectivity index (χ3v) is 16.5. The monoisotopic (exact) mass is 446 g/mol. The standard InChI is InChI=1S/C22H46O5Si2/c1-21(2,3)28(9,10)26-17-15-18(27-29(11,12)22(4,5)6)19(16(17)13-14-23)20(24-7)25-8/h14,16-20H,13,15H2,1-12H3/t16-,17+,18-,19-/m0/s1. The summed E-state index contributed by atoms with van der Waals surface area (Å²) in [6.45, 7) is 22.6. The van der Waals surface area contributed by atoms with Crippen molar-refractivity contribution in [3.8, 4) is 0 Å². The number of carbonyl (C=O) groups excluding carboxylic acids is 1. The Morgan fingerprint density at radius 1 is 0.862 bits per heavy atom. The summed E-state index contributed by atoms with van der Waals surface area (Å²) in [6.07, 6.45) is 1.75. The summed E-state index contributed by atoms with van der Waals surface area (Å²) in [7, 11) is -0.668. The fourth-order valence-electron chi connectivity index (χ4n) is 3.66. The molecule has 0 aromatic carbocycles. The van der Waals surface area contributed by atoms with Crippen molar-refractivity contribution in [3.05, 3.63) is 0 Å². The van der Waals surface area contributed by atoms with E-state index in [0.717, 1.165) is 12.7 Å². The molecule has 0 bridgehead atoms. The van der Waals surface area contributed by atoms with E-state index in [1.165, 1.54) is 0 Å². The first kappa shape index (κ1) is 27.0. The molecule has 7 heteroatoms. The molecule has 0 radical (unpaired) electrons. The van der Waals surface area contributed by atoms with Gasteiger partial charge in [-0.05, 0) is 42.7 Å². The van der Waals surface area contributed by atoms with Gasteiger partial charge >= 0.3 is 0 Å². The van der Waals surface area contributed by atoms with Gasteiger partial charge < -0.3 is 23.1 Å². The molecular weight excluding hydrogens is 400 g/mol. The molecule has 0 aromatic heterocycles. The lowest BCUT2D eigenvalue weighted by Crippen LogP contribution is -2.47. The van der Waals surface area contributed by atoms with Crippen molar-refractivity contribution < 1.29 is 23.1 Å². The second kappa shape index (κ2) is 9.61. The predicted octanol–water partition coefficient (Wildman–Crippen LogP) is 5.61. The number of hydrogen-bond donors (Lipinski definition) is 0. The van der Waals surface area contributed by atoms with E-state index < -0.39 is 22.9 Å². The van der Waals surface area contributed by atoms with E-state index in [9.17, 15) is 4.79 Å². The molecule has 5 nitrogen and oxygen atoms in total. The van der Waals surface area contributed by atoms with Gasteiger partial charge in [0.1, 0.15) is 6.29 Å². The van der Waals surface area contributed by atoms with Crippen LogP contribution in [0, 0.1) is 11.8 Å². The quantitative estimate of drug-likeness (QED) is 0.262. The Morgan fingerprint density at radius 2 is 1.28 bits per heavy atom. The molecule has 0 amide bonds. The van der Waals surface area contributed by atoms with Crippen LogP contribution in [0.3, 0.4) is 0 Å². The third kappa shape index (κ3) is 6.23. The van der Waals surface area contributed by atoms with Gasteiger partial charge in [0.25, 0.3) is 0 Å². The van der Waals surface area contributed by atoms with E-state index in [1.807, 2.05) is 0 Å². The first-order valence-corrected chi connectivity index (χ1v) is 16.7. The van der Waals surface area contributed by atoms with Crippen molar-refractivity contribution in [1.29, 1.82) is 0 Å². The second-order valence-electron chi connectivity index (χ2n) is 11.6. The zero-order chi connectivity index (χ0) is 22.8. The summed E-state index contributed by atoms with van der Waals surface area (Å²) >= 11 is 0. The number of rotatable bonds is 9. The van der Waals surface area contributed by atoms with E-state index in [0.29, 0.717) is 6.42 Å². The van der Waals surface area contributed by atoms with E-state index in [4.69, 9.17) is 18.3 Å². The van der Waals surface area contributed by atoms with Crippen molar-refractivity contribution in [2.75, 3.05) is 14.2 Å². The molecule has 0 unspecified atom stereocenters. The van der Waals surface area contributed by atoms with Gasteiger partial charge in [-0.25, -0.2) is 0 Å². The van der Waals surface area contributed by atoms with Gasteiger partial charge in [0.2, 0.25) is 0 Å². The van der Waals surface area contributed by atoms with Gasteiger partial charge in [0, 0.05) is 32.5 Å². The highest BCUT2D eigenvalue weighted by molar-refractivity contribution is 6.74. The van der Waals surface area contributed by atoms with Crippen molar-refractivity contribution in [1.82, 2.24) is 0 Å². The summed E-state index contributed by atoms with van der Waals surface area (Å²) in [5.41, 5.74) is 0. The fraction of sp³-hybridized carbons (Fsp3) is 0.955. The molecule has 29 heavy (non-hydrogen) atoms. The van der Waals surface area contributed by atoms with Crippen LogP contribution in [0.4, 0.5) is 0 Å². The average Bonchev–Trinajstić information content (AvgIpc) is 2.83. The smallest absolute Gasteiger partial charge is 0.192 e. The van der Waals surface area contributed by atoms with E-state index in [2.05, 4.69) is 67.7 Å². The minimum atomic E-state index is -2.00. The SMILES string of the molecule is COC(OC)[C@H]1[C@@H](CC=O)[C@H](O[Si](C)(C)C(C)(C)C)C[C@@H]1O[Si](C)(C)C(C)(C)C. The van der Waals surface area contributed by atoms with Gasteiger partial charge in [0.05, 0.1) is 12.2 Å². The molecule has 4 atom stereocenters. The summed E-state index contributed by atoms with van der Waals surface area (Å²) < 4.78 is 25.1. The van der Waals surface area contributed by atoms with Crippen LogP contribution in [0.2, 0.25) is 36.3 Å². The topological polar surface area (TPSA) is 54.0 Å². The molecule has 1 aliphatic rings. The van der Waals surface area contributed by atoms with Gasteiger partial charge in [-0.15, -0.1) is 0 Å². The molecule has 0 heterocycles. The Morgan fingerprint density at radius 3 is 1.62 bits per heavy atom. The number of methoxy groups -OCH3 is 2. The van der Waals surface area contributed by atoms with Crippen LogP contribution in [-0.4, -0.2) is 55.6 Å². The second-order valence-corrected chi connectivity index (χ2v) is 21.1. The van der Waals surface area contributed by atoms with Crippen LogP contribution in [-0.2, 0) is 23.1 Å².